The molecule has 1 rings (SSSR count). The number of carbonyl (C=O) groups is 1. The number of benzene rings is 1. The number of carbonyl (C=O) groups excluding carboxylic acids is 1. The number of primary amides is 1. The zero-order chi connectivity index (χ0) is 11.3. The van der Waals surface area contributed by atoms with Crippen LogP contribution in [0.25, 0.3) is 0 Å². The molecule has 0 saturated heterocycles. The van der Waals surface area contributed by atoms with E-state index >= 15 is 0 Å². The zero-order valence-corrected chi connectivity index (χ0v) is 9.31. The summed E-state index contributed by atoms with van der Waals surface area (Å²) in [6.07, 6.45) is 0.749. The first kappa shape index (κ1) is 11.7. The Kier molecular flexibility index (Phi) is 4.31. The summed E-state index contributed by atoms with van der Waals surface area (Å²) in [5, 5.41) is 0. The Morgan fingerprint density at radius 1 is 1.40 bits per heavy atom. The maximum absolute atomic E-state index is 11.1. The van der Waals surface area contributed by atoms with E-state index < -0.39 is 0 Å². The van der Waals surface area contributed by atoms with E-state index in [1.807, 2.05) is 49.2 Å². The molecular weight excluding hydrogens is 188 g/mol. The van der Waals surface area contributed by atoms with Gasteiger partial charge in [0, 0.05) is 6.54 Å². The summed E-state index contributed by atoms with van der Waals surface area (Å²) in [6, 6.07) is 9.89. The van der Waals surface area contributed by atoms with Gasteiger partial charge in [-0.25, -0.2) is 0 Å². The number of hydrogen-bond acceptors (Lipinski definition) is 2. The first-order chi connectivity index (χ1) is 7.15. The molecule has 1 atom stereocenters. The fourth-order valence-electron chi connectivity index (χ4n) is 1.71. The Labute approximate surface area is 90.9 Å². The van der Waals surface area contributed by atoms with Crippen LogP contribution in [0, 0.1) is 0 Å². The van der Waals surface area contributed by atoms with Crippen molar-refractivity contribution < 1.29 is 4.79 Å². The van der Waals surface area contributed by atoms with E-state index in [1.165, 1.54) is 5.56 Å². The smallest absolute Gasteiger partial charge is 0.234 e. The van der Waals surface area contributed by atoms with Crippen LogP contribution >= 0.6 is 0 Å². The van der Waals surface area contributed by atoms with Gasteiger partial charge in [0.1, 0.15) is 0 Å². The predicted octanol–water partition coefficient (Wildman–Crippen LogP) is 1.38. The van der Waals surface area contributed by atoms with E-state index in [0.29, 0.717) is 0 Å². The normalized spacial score (nSPS) is 12.7. The van der Waals surface area contributed by atoms with Crippen LogP contribution in [0.15, 0.2) is 30.3 Å². The lowest BCUT2D eigenvalue weighted by Crippen LogP contribution is -2.41. The Morgan fingerprint density at radius 2 is 2.00 bits per heavy atom. The number of nitrogens with two attached hydrogens (primary N) is 1. The summed E-state index contributed by atoms with van der Waals surface area (Å²) in [5.41, 5.74) is 6.52. The van der Waals surface area contributed by atoms with Gasteiger partial charge < -0.3 is 5.73 Å². The van der Waals surface area contributed by atoms with Crippen molar-refractivity contribution in [1.82, 2.24) is 4.90 Å². The zero-order valence-electron chi connectivity index (χ0n) is 9.31. The monoisotopic (exact) mass is 206 g/mol. The molecule has 0 spiro atoms. The van der Waals surface area contributed by atoms with Gasteiger partial charge in [-0.1, -0.05) is 37.3 Å². The van der Waals surface area contributed by atoms with Crippen molar-refractivity contribution in [3.63, 3.8) is 0 Å². The highest BCUT2D eigenvalue weighted by atomic mass is 16.1. The second-order valence-corrected chi connectivity index (χ2v) is 3.73. The van der Waals surface area contributed by atoms with Crippen molar-refractivity contribution in [2.24, 2.45) is 5.73 Å². The van der Waals surface area contributed by atoms with Crippen molar-refractivity contribution in [2.45, 2.75) is 25.9 Å². The average molecular weight is 206 g/mol. The number of amides is 1. The van der Waals surface area contributed by atoms with Crippen LogP contribution in [-0.4, -0.2) is 23.9 Å². The van der Waals surface area contributed by atoms with Crippen molar-refractivity contribution in [3.05, 3.63) is 35.9 Å². The van der Waals surface area contributed by atoms with Gasteiger partial charge in [0.25, 0.3) is 0 Å². The molecule has 15 heavy (non-hydrogen) atoms. The highest BCUT2D eigenvalue weighted by Gasteiger charge is 2.17. The lowest BCUT2D eigenvalue weighted by atomic mass is 10.1. The molecule has 1 unspecified atom stereocenters. The van der Waals surface area contributed by atoms with E-state index in [0.717, 1.165) is 13.0 Å². The maximum atomic E-state index is 11.1. The number of likely N-dealkylation sites (N-methyl/N-ethyl adjacent to an activating group) is 1. The third kappa shape index (κ3) is 3.36. The van der Waals surface area contributed by atoms with E-state index in [2.05, 4.69) is 0 Å². The van der Waals surface area contributed by atoms with Crippen molar-refractivity contribution in [1.29, 1.82) is 0 Å². The molecule has 0 saturated carbocycles. The lowest BCUT2D eigenvalue weighted by molar-refractivity contribution is -0.123. The van der Waals surface area contributed by atoms with E-state index in [1.54, 1.807) is 0 Å². The average Bonchev–Trinajstić information content (AvgIpc) is 2.19. The van der Waals surface area contributed by atoms with E-state index in [9.17, 15) is 4.79 Å². The minimum Gasteiger partial charge on any atom is -0.368 e. The van der Waals surface area contributed by atoms with Crippen LogP contribution < -0.4 is 5.73 Å². The van der Waals surface area contributed by atoms with Gasteiger partial charge in [0.05, 0.1) is 6.04 Å². The van der Waals surface area contributed by atoms with Gasteiger partial charge in [-0.3, -0.25) is 9.69 Å². The molecule has 2 N–H and O–H groups in total. The molecule has 0 aliphatic heterocycles. The summed E-state index contributed by atoms with van der Waals surface area (Å²) in [4.78, 5) is 13.1. The topological polar surface area (TPSA) is 46.3 Å². The molecule has 0 bridgehead atoms. The van der Waals surface area contributed by atoms with Gasteiger partial charge >= 0.3 is 0 Å². The van der Waals surface area contributed by atoms with Crippen LogP contribution in [0.4, 0.5) is 0 Å². The van der Waals surface area contributed by atoms with Gasteiger partial charge in [-0.05, 0) is 19.0 Å². The van der Waals surface area contributed by atoms with Crippen LogP contribution in [0.1, 0.15) is 18.9 Å². The minimum absolute atomic E-state index is 0.176. The van der Waals surface area contributed by atoms with Crippen LogP contribution in [0.5, 0.6) is 0 Å². The molecule has 3 nitrogen and oxygen atoms in total. The molecule has 0 radical (unpaired) electrons. The van der Waals surface area contributed by atoms with Crippen molar-refractivity contribution >= 4 is 5.91 Å². The molecule has 1 aromatic carbocycles. The fraction of sp³-hybridized carbons (Fsp3) is 0.417. The second-order valence-electron chi connectivity index (χ2n) is 3.73. The van der Waals surface area contributed by atoms with Gasteiger partial charge in [-0.2, -0.15) is 0 Å². The summed E-state index contributed by atoms with van der Waals surface area (Å²) < 4.78 is 0. The second kappa shape index (κ2) is 5.51. The summed E-state index contributed by atoms with van der Waals surface area (Å²) >= 11 is 0. The first-order valence-corrected chi connectivity index (χ1v) is 5.18. The third-order valence-corrected chi connectivity index (χ3v) is 2.52. The molecule has 0 aliphatic rings. The molecule has 0 heterocycles. The Balaban J connectivity index is 2.62. The first-order valence-electron chi connectivity index (χ1n) is 5.18. The van der Waals surface area contributed by atoms with Crippen molar-refractivity contribution in [2.75, 3.05) is 7.05 Å². The van der Waals surface area contributed by atoms with Crippen LogP contribution in [0.2, 0.25) is 0 Å². The number of nitrogens with zero attached hydrogens (tertiary/aromatic N) is 1. The van der Waals surface area contributed by atoms with Crippen LogP contribution in [0.3, 0.4) is 0 Å². The SMILES string of the molecule is CCC(C(N)=O)N(C)Cc1ccccc1. The molecule has 0 fully saturated rings. The Morgan fingerprint density at radius 3 is 2.47 bits per heavy atom. The summed E-state index contributed by atoms with van der Waals surface area (Å²) in [7, 11) is 1.92. The maximum Gasteiger partial charge on any atom is 0.234 e. The number of hydrogen-bond donors (Lipinski definition) is 1. The molecule has 3 heteroatoms. The summed E-state index contributed by atoms with van der Waals surface area (Å²) in [5.74, 6) is -0.254. The molecule has 82 valence electrons. The standard InChI is InChI=1S/C12H18N2O/c1-3-11(12(13)15)14(2)9-10-7-5-4-6-8-10/h4-8,11H,3,9H2,1-2H3,(H2,13,15). The fourth-order valence-corrected chi connectivity index (χ4v) is 1.71. The quantitative estimate of drug-likeness (QED) is 0.791. The van der Waals surface area contributed by atoms with E-state index in [4.69, 9.17) is 5.73 Å². The molecule has 1 amide bonds. The van der Waals surface area contributed by atoms with Crippen molar-refractivity contribution in [3.8, 4) is 0 Å². The van der Waals surface area contributed by atoms with Crippen LogP contribution in [-0.2, 0) is 11.3 Å². The molecule has 1 aromatic rings. The number of rotatable bonds is 5. The van der Waals surface area contributed by atoms with E-state index in [-0.39, 0.29) is 11.9 Å². The highest BCUT2D eigenvalue weighted by molar-refractivity contribution is 5.79. The third-order valence-electron chi connectivity index (χ3n) is 2.52. The lowest BCUT2D eigenvalue weighted by Gasteiger charge is -2.24. The Bertz CT molecular complexity index is 311. The molecular formula is C12H18N2O. The molecule has 0 aliphatic carbocycles. The molecule has 0 aromatic heterocycles. The van der Waals surface area contributed by atoms with Gasteiger partial charge in [0.2, 0.25) is 5.91 Å². The predicted molar refractivity (Wildman–Crippen MR) is 61.2 cm³/mol. The summed E-state index contributed by atoms with van der Waals surface area (Å²) in [6.45, 7) is 2.72. The van der Waals surface area contributed by atoms with Gasteiger partial charge in [-0.15, -0.1) is 0 Å². The van der Waals surface area contributed by atoms with Gasteiger partial charge in [0.15, 0.2) is 0 Å². The Hall–Kier alpha value is -1.35. The highest BCUT2D eigenvalue weighted by Crippen LogP contribution is 2.07. The largest absolute Gasteiger partial charge is 0.368 e. The minimum atomic E-state index is -0.254.